The quantitative estimate of drug-likeness (QED) is 0.725. The van der Waals surface area contributed by atoms with Crippen molar-refractivity contribution in [2.24, 2.45) is 5.73 Å². The minimum Gasteiger partial charge on any atom is -0.349 e. The number of nitrogens with two attached hydrogens (primary N) is 1. The summed E-state index contributed by atoms with van der Waals surface area (Å²) in [5, 5.41) is 2.77. The van der Waals surface area contributed by atoms with Gasteiger partial charge in [-0.05, 0) is 19.1 Å². The molecular formula is C12H16N2O. The minimum atomic E-state index is -0.0586. The van der Waals surface area contributed by atoms with Crippen molar-refractivity contribution < 1.29 is 4.79 Å². The van der Waals surface area contributed by atoms with Crippen LogP contribution in [-0.4, -0.2) is 19.0 Å². The number of aryl methyl sites for hydroxylation is 1. The van der Waals surface area contributed by atoms with Crippen LogP contribution in [0.3, 0.4) is 0 Å². The van der Waals surface area contributed by atoms with E-state index in [0.29, 0.717) is 18.7 Å². The monoisotopic (exact) mass is 204 g/mol. The SMILES string of the molecule is Cc1ccc(C(=O)NC/C=C/CN)cc1. The summed E-state index contributed by atoms with van der Waals surface area (Å²) in [5.74, 6) is -0.0586. The van der Waals surface area contributed by atoms with Gasteiger partial charge in [-0.3, -0.25) is 4.79 Å². The van der Waals surface area contributed by atoms with Gasteiger partial charge in [-0.1, -0.05) is 29.8 Å². The predicted octanol–water partition coefficient (Wildman–Crippen LogP) is 1.24. The van der Waals surface area contributed by atoms with Gasteiger partial charge in [-0.2, -0.15) is 0 Å². The molecule has 1 amide bonds. The Morgan fingerprint density at radius 3 is 2.60 bits per heavy atom. The zero-order chi connectivity index (χ0) is 11.1. The van der Waals surface area contributed by atoms with Crippen molar-refractivity contribution in [3.63, 3.8) is 0 Å². The van der Waals surface area contributed by atoms with Gasteiger partial charge in [0.1, 0.15) is 0 Å². The summed E-state index contributed by atoms with van der Waals surface area (Å²) in [6.45, 7) is 3.01. The van der Waals surface area contributed by atoms with E-state index < -0.39 is 0 Å². The Bertz CT molecular complexity index is 341. The van der Waals surface area contributed by atoms with Crippen molar-refractivity contribution in [3.05, 3.63) is 47.5 Å². The summed E-state index contributed by atoms with van der Waals surface area (Å²) in [6, 6.07) is 7.48. The molecule has 0 aliphatic carbocycles. The highest BCUT2D eigenvalue weighted by molar-refractivity contribution is 5.94. The Morgan fingerprint density at radius 2 is 2.00 bits per heavy atom. The molecule has 0 saturated carbocycles. The third kappa shape index (κ3) is 3.95. The molecule has 0 heterocycles. The van der Waals surface area contributed by atoms with Gasteiger partial charge in [0.2, 0.25) is 0 Å². The molecule has 0 aliphatic rings. The number of benzene rings is 1. The van der Waals surface area contributed by atoms with E-state index in [1.165, 1.54) is 0 Å². The van der Waals surface area contributed by atoms with Crippen LogP contribution in [0, 0.1) is 6.92 Å². The molecular weight excluding hydrogens is 188 g/mol. The van der Waals surface area contributed by atoms with Gasteiger partial charge in [0.15, 0.2) is 0 Å². The first-order valence-corrected chi connectivity index (χ1v) is 4.94. The van der Waals surface area contributed by atoms with Gasteiger partial charge >= 0.3 is 0 Å². The van der Waals surface area contributed by atoms with Crippen molar-refractivity contribution in [1.29, 1.82) is 0 Å². The summed E-state index contributed by atoms with van der Waals surface area (Å²) >= 11 is 0. The molecule has 3 N–H and O–H groups in total. The number of nitrogens with one attached hydrogen (secondary N) is 1. The van der Waals surface area contributed by atoms with E-state index in [0.717, 1.165) is 5.56 Å². The first-order chi connectivity index (χ1) is 7.24. The molecule has 3 heteroatoms. The maximum atomic E-state index is 11.5. The lowest BCUT2D eigenvalue weighted by atomic mass is 10.1. The number of amides is 1. The van der Waals surface area contributed by atoms with Gasteiger partial charge in [-0.25, -0.2) is 0 Å². The van der Waals surface area contributed by atoms with Crippen LogP contribution in [0.15, 0.2) is 36.4 Å². The molecule has 1 aromatic carbocycles. The second kappa shape index (κ2) is 5.98. The van der Waals surface area contributed by atoms with Crippen molar-refractivity contribution in [2.75, 3.05) is 13.1 Å². The predicted molar refractivity (Wildman–Crippen MR) is 61.7 cm³/mol. The molecule has 0 radical (unpaired) electrons. The van der Waals surface area contributed by atoms with E-state index in [2.05, 4.69) is 5.32 Å². The molecule has 0 aliphatic heterocycles. The highest BCUT2D eigenvalue weighted by Gasteiger charge is 2.01. The average Bonchev–Trinajstić information content (AvgIpc) is 2.25. The van der Waals surface area contributed by atoms with Crippen LogP contribution in [0.2, 0.25) is 0 Å². The van der Waals surface area contributed by atoms with Gasteiger partial charge in [-0.15, -0.1) is 0 Å². The highest BCUT2D eigenvalue weighted by atomic mass is 16.1. The third-order valence-electron chi connectivity index (χ3n) is 2.00. The summed E-state index contributed by atoms with van der Waals surface area (Å²) in [5.41, 5.74) is 7.10. The first kappa shape index (κ1) is 11.5. The van der Waals surface area contributed by atoms with Crippen molar-refractivity contribution >= 4 is 5.91 Å². The zero-order valence-electron chi connectivity index (χ0n) is 8.86. The molecule has 15 heavy (non-hydrogen) atoms. The zero-order valence-corrected chi connectivity index (χ0v) is 8.86. The highest BCUT2D eigenvalue weighted by Crippen LogP contribution is 2.02. The lowest BCUT2D eigenvalue weighted by Crippen LogP contribution is -2.23. The average molecular weight is 204 g/mol. The molecule has 0 aromatic heterocycles. The molecule has 0 bridgehead atoms. The Hall–Kier alpha value is -1.61. The molecule has 80 valence electrons. The smallest absolute Gasteiger partial charge is 0.251 e. The summed E-state index contributed by atoms with van der Waals surface area (Å²) in [4.78, 5) is 11.5. The number of hydrogen-bond acceptors (Lipinski definition) is 2. The van der Waals surface area contributed by atoms with Gasteiger partial charge in [0, 0.05) is 18.7 Å². The van der Waals surface area contributed by atoms with Crippen molar-refractivity contribution in [3.8, 4) is 0 Å². The van der Waals surface area contributed by atoms with E-state index in [1.807, 2.05) is 43.3 Å². The van der Waals surface area contributed by atoms with Crippen LogP contribution >= 0.6 is 0 Å². The van der Waals surface area contributed by atoms with Crippen LogP contribution in [0.5, 0.6) is 0 Å². The lowest BCUT2D eigenvalue weighted by Gasteiger charge is -2.02. The third-order valence-corrected chi connectivity index (χ3v) is 2.00. The number of carbonyl (C=O) groups excluding carboxylic acids is 1. The normalized spacial score (nSPS) is 10.5. The lowest BCUT2D eigenvalue weighted by molar-refractivity contribution is 0.0958. The van der Waals surface area contributed by atoms with Crippen LogP contribution in [0.25, 0.3) is 0 Å². The summed E-state index contributed by atoms with van der Waals surface area (Å²) < 4.78 is 0. The maximum Gasteiger partial charge on any atom is 0.251 e. The maximum absolute atomic E-state index is 11.5. The fraction of sp³-hybridized carbons (Fsp3) is 0.250. The molecule has 0 fully saturated rings. The standard InChI is InChI=1S/C12H16N2O/c1-10-4-6-11(7-5-10)12(15)14-9-3-2-8-13/h2-7H,8-9,13H2,1H3,(H,14,15)/b3-2+. The molecule has 3 nitrogen and oxygen atoms in total. The van der Waals surface area contributed by atoms with E-state index in [-0.39, 0.29) is 5.91 Å². The first-order valence-electron chi connectivity index (χ1n) is 4.94. The van der Waals surface area contributed by atoms with E-state index in [9.17, 15) is 4.79 Å². The minimum absolute atomic E-state index is 0.0586. The molecule has 1 rings (SSSR count). The van der Waals surface area contributed by atoms with E-state index in [1.54, 1.807) is 0 Å². The van der Waals surface area contributed by atoms with Gasteiger partial charge in [0.25, 0.3) is 5.91 Å². The molecule has 0 saturated heterocycles. The van der Waals surface area contributed by atoms with Crippen molar-refractivity contribution in [2.45, 2.75) is 6.92 Å². The van der Waals surface area contributed by atoms with E-state index >= 15 is 0 Å². The van der Waals surface area contributed by atoms with Gasteiger partial charge < -0.3 is 11.1 Å². The molecule has 0 unspecified atom stereocenters. The second-order valence-electron chi connectivity index (χ2n) is 3.28. The fourth-order valence-electron chi connectivity index (χ4n) is 1.14. The van der Waals surface area contributed by atoms with Crippen LogP contribution in [0.4, 0.5) is 0 Å². The Morgan fingerprint density at radius 1 is 1.33 bits per heavy atom. The molecule has 1 aromatic rings. The Labute approximate surface area is 90.0 Å². The van der Waals surface area contributed by atoms with Crippen molar-refractivity contribution in [1.82, 2.24) is 5.32 Å². The summed E-state index contributed by atoms with van der Waals surface area (Å²) in [6.07, 6.45) is 3.65. The van der Waals surface area contributed by atoms with Crippen LogP contribution in [-0.2, 0) is 0 Å². The topological polar surface area (TPSA) is 55.1 Å². The number of carbonyl (C=O) groups is 1. The van der Waals surface area contributed by atoms with Crippen LogP contribution in [0.1, 0.15) is 15.9 Å². The molecule has 0 spiro atoms. The largest absolute Gasteiger partial charge is 0.349 e. The Kier molecular flexibility index (Phi) is 4.57. The van der Waals surface area contributed by atoms with E-state index in [4.69, 9.17) is 5.73 Å². The second-order valence-corrected chi connectivity index (χ2v) is 3.28. The fourth-order valence-corrected chi connectivity index (χ4v) is 1.14. The summed E-state index contributed by atoms with van der Waals surface area (Å²) in [7, 11) is 0. The number of hydrogen-bond donors (Lipinski definition) is 2. The van der Waals surface area contributed by atoms with Gasteiger partial charge in [0.05, 0.1) is 0 Å². The molecule has 0 atom stereocenters. The number of rotatable bonds is 4. The Balaban J connectivity index is 2.47. The van der Waals surface area contributed by atoms with Crippen LogP contribution < -0.4 is 11.1 Å².